The first kappa shape index (κ1) is 21.4. The van der Waals surface area contributed by atoms with Crippen molar-refractivity contribution in [2.45, 2.75) is 53.1 Å². The Balaban J connectivity index is 2.04. The second-order valence-electron chi connectivity index (χ2n) is 6.74. The molecule has 2 rings (SSSR count). The minimum absolute atomic E-state index is 0.327. The number of hydrogen-bond donors (Lipinski definition) is 2. The molecule has 0 spiro atoms. The first-order valence-electron chi connectivity index (χ1n) is 9.82. The molecule has 0 saturated carbocycles. The summed E-state index contributed by atoms with van der Waals surface area (Å²) in [4.78, 5) is 7.13. The fraction of sp³-hybridized carbons (Fsp3) is 0.600. The van der Waals surface area contributed by atoms with Gasteiger partial charge in [0.2, 0.25) is 0 Å². The third-order valence-corrected chi connectivity index (χ3v) is 5.25. The van der Waals surface area contributed by atoms with Gasteiger partial charge in [-0.15, -0.1) is 0 Å². The lowest BCUT2D eigenvalue weighted by Gasteiger charge is -2.30. The van der Waals surface area contributed by atoms with Crippen molar-refractivity contribution in [1.29, 1.82) is 0 Å². The van der Waals surface area contributed by atoms with E-state index in [0.717, 1.165) is 43.6 Å². The van der Waals surface area contributed by atoms with Crippen molar-refractivity contribution in [2.75, 3.05) is 26.2 Å². The number of rotatable bonds is 10. The molecular formula is C20H33N5OS. The molecule has 2 aromatic heterocycles. The van der Waals surface area contributed by atoms with E-state index in [0.29, 0.717) is 18.5 Å². The lowest BCUT2D eigenvalue weighted by atomic mass is 10.1. The molecule has 1 atom stereocenters. The van der Waals surface area contributed by atoms with Gasteiger partial charge in [0, 0.05) is 19.2 Å². The van der Waals surface area contributed by atoms with Crippen molar-refractivity contribution in [1.82, 2.24) is 20.7 Å². The lowest BCUT2D eigenvalue weighted by molar-refractivity contribution is 0.219. The van der Waals surface area contributed by atoms with Gasteiger partial charge in [0.15, 0.2) is 11.7 Å². The van der Waals surface area contributed by atoms with E-state index < -0.39 is 0 Å². The third kappa shape index (κ3) is 6.36. The Hall–Kier alpha value is -1.86. The molecule has 2 aromatic rings. The minimum Gasteiger partial charge on any atom is -0.359 e. The monoisotopic (exact) mass is 391 g/mol. The highest BCUT2D eigenvalue weighted by molar-refractivity contribution is 7.07. The van der Waals surface area contributed by atoms with Crippen LogP contribution in [0.5, 0.6) is 0 Å². The molecule has 0 radical (unpaired) electrons. The summed E-state index contributed by atoms with van der Waals surface area (Å²) in [6.45, 7) is 14.8. The molecule has 0 saturated heterocycles. The van der Waals surface area contributed by atoms with Gasteiger partial charge in [-0.2, -0.15) is 11.3 Å². The van der Waals surface area contributed by atoms with Crippen LogP contribution in [0.25, 0.3) is 0 Å². The summed E-state index contributed by atoms with van der Waals surface area (Å²) in [5.74, 6) is 1.94. The van der Waals surface area contributed by atoms with E-state index in [1.807, 2.05) is 6.07 Å². The summed E-state index contributed by atoms with van der Waals surface area (Å²) in [5.41, 5.74) is 2.32. The number of aliphatic imine (C=N–C) groups is 1. The number of nitrogens with one attached hydrogen (secondary N) is 2. The van der Waals surface area contributed by atoms with E-state index in [9.17, 15) is 0 Å². The molecule has 0 amide bonds. The molecule has 0 aliphatic carbocycles. The van der Waals surface area contributed by atoms with Crippen LogP contribution in [-0.4, -0.2) is 42.2 Å². The van der Waals surface area contributed by atoms with Gasteiger partial charge >= 0.3 is 0 Å². The summed E-state index contributed by atoms with van der Waals surface area (Å²) in [7, 11) is 0. The Morgan fingerprint density at radius 3 is 2.59 bits per heavy atom. The standard InChI is InChI=1S/C20H33N5OS/c1-6-21-20(22-12-17-11-18(15(4)5)24-26-17)23-13-19(25(7-2)8-3)16-9-10-27-14-16/h9-11,14-15,19H,6-8,12-13H2,1-5H3,(H2,21,22,23). The van der Waals surface area contributed by atoms with Crippen LogP contribution in [0.3, 0.4) is 0 Å². The molecule has 2 N–H and O–H groups in total. The van der Waals surface area contributed by atoms with Gasteiger partial charge < -0.3 is 15.2 Å². The number of hydrogen-bond acceptors (Lipinski definition) is 5. The molecule has 7 heteroatoms. The van der Waals surface area contributed by atoms with E-state index >= 15 is 0 Å². The second kappa shape index (κ2) is 11.1. The van der Waals surface area contributed by atoms with Crippen LogP contribution in [0, 0.1) is 0 Å². The molecule has 6 nitrogen and oxygen atoms in total. The molecule has 0 fully saturated rings. The maximum absolute atomic E-state index is 5.39. The minimum atomic E-state index is 0.327. The fourth-order valence-corrected chi connectivity index (χ4v) is 3.66. The normalized spacial score (nSPS) is 13.4. The lowest BCUT2D eigenvalue weighted by Crippen LogP contribution is -2.43. The third-order valence-electron chi connectivity index (χ3n) is 4.55. The van der Waals surface area contributed by atoms with Crippen molar-refractivity contribution in [3.8, 4) is 0 Å². The predicted octanol–water partition coefficient (Wildman–Crippen LogP) is 4.00. The fourth-order valence-electron chi connectivity index (χ4n) is 2.95. The Morgan fingerprint density at radius 1 is 1.26 bits per heavy atom. The van der Waals surface area contributed by atoms with Crippen LogP contribution in [0.15, 0.2) is 32.4 Å². The molecule has 0 aromatic carbocycles. The zero-order chi connectivity index (χ0) is 19.6. The highest BCUT2D eigenvalue weighted by Gasteiger charge is 2.18. The Morgan fingerprint density at radius 2 is 2.04 bits per heavy atom. The summed E-state index contributed by atoms with van der Waals surface area (Å²) in [6, 6.07) is 4.52. The van der Waals surface area contributed by atoms with Crippen molar-refractivity contribution >= 4 is 17.3 Å². The van der Waals surface area contributed by atoms with Crippen molar-refractivity contribution < 1.29 is 4.52 Å². The second-order valence-corrected chi connectivity index (χ2v) is 7.52. The topological polar surface area (TPSA) is 65.7 Å². The number of guanidine groups is 1. The summed E-state index contributed by atoms with van der Waals surface area (Å²) in [6.07, 6.45) is 0. The van der Waals surface area contributed by atoms with Crippen LogP contribution >= 0.6 is 11.3 Å². The van der Waals surface area contributed by atoms with E-state index in [1.54, 1.807) is 11.3 Å². The maximum Gasteiger partial charge on any atom is 0.191 e. The Labute approximate surface area is 167 Å². The first-order chi connectivity index (χ1) is 13.1. The van der Waals surface area contributed by atoms with Crippen molar-refractivity contribution in [3.05, 3.63) is 39.9 Å². The van der Waals surface area contributed by atoms with Gasteiger partial charge in [-0.25, -0.2) is 4.99 Å². The van der Waals surface area contributed by atoms with Crippen LogP contribution < -0.4 is 10.6 Å². The number of likely N-dealkylation sites (N-methyl/N-ethyl adjacent to an activating group) is 1. The predicted molar refractivity (Wildman–Crippen MR) is 113 cm³/mol. The van der Waals surface area contributed by atoms with Crippen LogP contribution in [0.1, 0.15) is 63.6 Å². The Kier molecular flexibility index (Phi) is 8.81. The number of nitrogens with zero attached hydrogens (tertiary/aromatic N) is 3. The molecule has 27 heavy (non-hydrogen) atoms. The van der Waals surface area contributed by atoms with Gasteiger partial charge in [0.1, 0.15) is 6.54 Å². The van der Waals surface area contributed by atoms with Crippen LogP contribution in [-0.2, 0) is 6.54 Å². The number of thiophene rings is 1. The van der Waals surface area contributed by atoms with Gasteiger partial charge in [0.25, 0.3) is 0 Å². The summed E-state index contributed by atoms with van der Waals surface area (Å²) >= 11 is 1.74. The molecule has 150 valence electrons. The average Bonchev–Trinajstić information content (AvgIpc) is 3.35. The van der Waals surface area contributed by atoms with Gasteiger partial charge in [-0.1, -0.05) is 32.9 Å². The van der Waals surface area contributed by atoms with E-state index in [2.05, 4.69) is 77.1 Å². The largest absolute Gasteiger partial charge is 0.359 e. The molecular weight excluding hydrogens is 358 g/mol. The van der Waals surface area contributed by atoms with E-state index in [-0.39, 0.29) is 0 Å². The zero-order valence-corrected chi connectivity index (χ0v) is 18.0. The SMILES string of the molecule is CCNC(=NCc1cc(C(C)C)no1)NCC(c1ccsc1)N(CC)CC. The summed E-state index contributed by atoms with van der Waals surface area (Å²) < 4.78 is 5.39. The number of aromatic nitrogens is 1. The molecule has 0 aliphatic rings. The smallest absolute Gasteiger partial charge is 0.191 e. The van der Waals surface area contributed by atoms with Gasteiger partial charge in [0.05, 0.1) is 11.7 Å². The highest BCUT2D eigenvalue weighted by Crippen LogP contribution is 2.22. The highest BCUT2D eigenvalue weighted by atomic mass is 32.1. The van der Waals surface area contributed by atoms with Crippen molar-refractivity contribution in [2.24, 2.45) is 4.99 Å². The van der Waals surface area contributed by atoms with Crippen molar-refractivity contribution in [3.63, 3.8) is 0 Å². The van der Waals surface area contributed by atoms with E-state index in [4.69, 9.17) is 4.52 Å². The average molecular weight is 392 g/mol. The zero-order valence-electron chi connectivity index (χ0n) is 17.2. The van der Waals surface area contributed by atoms with Crippen LogP contribution in [0.4, 0.5) is 0 Å². The quantitative estimate of drug-likeness (QED) is 0.473. The van der Waals surface area contributed by atoms with Gasteiger partial charge in [-0.05, 0) is 48.3 Å². The van der Waals surface area contributed by atoms with Crippen LogP contribution in [0.2, 0.25) is 0 Å². The molecule has 0 aliphatic heterocycles. The van der Waals surface area contributed by atoms with E-state index in [1.165, 1.54) is 5.56 Å². The Bertz CT molecular complexity index is 676. The van der Waals surface area contributed by atoms with Gasteiger partial charge in [-0.3, -0.25) is 4.90 Å². The first-order valence-corrected chi connectivity index (χ1v) is 10.8. The molecule has 2 heterocycles. The molecule has 0 bridgehead atoms. The summed E-state index contributed by atoms with van der Waals surface area (Å²) in [5, 5.41) is 15.3. The maximum atomic E-state index is 5.39. The molecule has 1 unspecified atom stereocenters.